The Labute approximate surface area is 188 Å². The van der Waals surface area contributed by atoms with E-state index in [1.165, 1.54) is 16.0 Å². The van der Waals surface area contributed by atoms with Gasteiger partial charge in [0.15, 0.2) is 0 Å². The summed E-state index contributed by atoms with van der Waals surface area (Å²) in [6.45, 7) is 0.304. The molecule has 2 aliphatic rings. The molecule has 1 aliphatic carbocycles. The zero-order valence-corrected chi connectivity index (χ0v) is 18.3. The van der Waals surface area contributed by atoms with Crippen LogP contribution in [0.1, 0.15) is 48.4 Å². The Balaban J connectivity index is 1.26. The highest BCUT2D eigenvalue weighted by Crippen LogP contribution is 2.29. The molecule has 0 saturated carbocycles. The Bertz CT molecular complexity index is 989. The van der Waals surface area contributed by atoms with Crippen molar-refractivity contribution in [3.63, 3.8) is 0 Å². The molecule has 7 nitrogen and oxygen atoms in total. The van der Waals surface area contributed by atoms with Crippen LogP contribution in [0, 0.1) is 0 Å². The Morgan fingerprint density at radius 3 is 2.72 bits per heavy atom. The third-order valence-corrected chi connectivity index (χ3v) is 6.25. The first-order valence-electron chi connectivity index (χ1n) is 11.2. The number of benzene rings is 2. The number of carbonyl (C=O) groups is 3. The number of aryl methyl sites for hydroxylation is 1. The summed E-state index contributed by atoms with van der Waals surface area (Å²) in [6, 6.07) is 14.7. The molecule has 0 aromatic heterocycles. The van der Waals surface area contributed by atoms with Crippen LogP contribution >= 0.6 is 0 Å². The molecule has 0 bridgehead atoms. The van der Waals surface area contributed by atoms with E-state index in [4.69, 9.17) is 4.74 Å². The number of nitrogens with zero attached hydrogens (tertiary/aromatic N) is 1. The van der Waals surface area contributed by atoms with Crippen molar-refractivity contribution in [1.29, 1.82) is 0 Å². The van der Waals surface area contributed by atoms with Gasteiger partial charge in [0.25, 0.3) is 5.91 Å². The maximum absolute atomic E-state index is 12.7. The fourth-order valence-electron chi connectivity index (χ4n) is 4.46. The van der Waals surface area contributed by atoms with Crippen molar-refractivity contribution in [1.82, 2.24) is 15.5 Å². The SMILES string of the molecule is COc1ccc(CCN2C(=O)N[C@H](CCC(=O)N[C@@H]3CCCc4ccccc43)C2=O)cc1. The van der Waals surface area contributed by atoms with Gasteiger partial charge in [-0.2, -0.15) is 0 Å². The molecule has 0 spiro atoms. The molecule has 2 N–H and O–H groups in total. The average Bonchev–Trinajstić information content (AvgIpc) is 3.09. The number of ether oxygens (including phenoxy) is 1. The second kappa shape index (κ2) is 9.85. The van der Waals surface area contributed by atoms with Crippen LogP contribution in [0.25, 0.3) is 0 Å². The van der Waals surface area contributed by atoms with Crippen LogP contribution in [-0.4, -0.2) is 42.4 Å². The first kappa shape index (κ1) is 21.9. The predicted molar refractivity (Wildman–Crippen MR) is 120 cm³/mol. The number of carbonyl (C=O) groups excluding carboxylic acids is 3. The molecule has 1 heterocycles. The van der Waals surface area contributed by atoms with E-state index in [0.717, 1.165) is 30.6 Å². The fourth-order valence-corrected chi connectivity index (χ4v) is 4.46. The minimum absolute atomic E-state index is 0.0160. The molecule has 2 atom stereocenters. The van der Waals surface area contributed by atoms with Crippen molar-refractivity contribution in [2.45, 2.75) is 50.6 Å². The third-order valence-electron chi connectivity index (χ3n) is 6.25. The van der Waals surface area contributed by atoms with Gasteiger partial charge in [-0.05, 0) is 60.9 Å². The molecule has 4 amide bonds. The molecule has 32 heavy (non-hydrogen) atoms. The third kappa shape index (κ3) is 4.93. The summed E-state index contributed by atoms with van der Waals surface area (Å²) in [5.41, 5.74) is 3.49. The summed E-state index contributed by atoms with van der Waals surface area (Å²) in [7, 11) is 1.61. The highest BCUT2D eigenvalue weighted by atomic mass is 16.5. The maximum atomic E-state index is 12.7. The van der Waals surface area contributed by atoms with E-state index < -0.39 is 12.1 Å². The lowest BCUT2D eigenvalue weighted by atomic mass is 9.87. The first-order valence-corrected chi connectivity index (χ1v) is 11.2. The average molecular weight is 436 g/mol. The fraction of sp³-hybridized carbons (Fsp3) is 0.400. The Morgan fingerprint density at radius 1 is 1.16 bits per heavy atom. The van der Waals surface area contributed by atoms with Gasteiger partial charge in [0, 0.05) is 13.0 Å². The molecular formula is C25H29N3O4. The van der Waals surface area contributed by atoms with E-state index in [0.29, 0.717) is 19.4 Å². The zero-order valence-electron chi connectivity index (χ0n) is 18.3. The number of hydrogen-bond donors (Lipinski definition) is 2. The number of imide groups is 1. The van der Waals surface area contributed by atoms with Gasteiger partial charge in [-0.15, -0.1) is 0 Å². The molecule has 7 heteroatoms. The van der Waals surface area contributed by atoms with Crippen LogP contribution in [0.4, 0.5) is 4.79 Å². The molecule has 0 unspecified atom stereocenters. The molecule has 4 rings (SSSR count). The van der Waals surface area contributed by atoms with E-state index in [2.05, 4.69) is 22.8 Å². The van der Waals surface area contributed by atoms with E-state index >= 15 is 0 Å². The Hall–Kier alpha value is -3.35. The number of urea groups is 1. The quantitative estimate of drug-likeness (QED) is 0.624. The van der Waals surface area contributed by atoms with Crippen molar-refractivity contribution in [3.05, 3.63) is 65.2 Å². The van der Waals surface area contributed by atoms with Crippen LogP contribution in [0.15, 0.2) is 48.5 Å². The Morgan fingerprint density at radius 2 is 1.94 bits per heavy atom. The van der Waals surface area contributed by atoms with Crippen LogP contribution in [0.5, 0.6) is 5.75 Å². The van der Waals surface area contributed by atoms with Gasteiger partial charge in [-0.1, -0.05) is 36.4 Å². The molecule has 168 valence electrons. The molecular weight excluding hydrogens is 406 g/mol. The van der Waals surface area contributed by atoms with Gasteiger partial charge in [0.2, 0.25) is 5.91 Å². The number of methoxy groups -OCH3 is 1. The summed E-state index contributed by atoms with van der Waals surface area (Å²) in [4.78, 5) is 38.8. The largest absolute Gasteiger partial charge is 0.497 e. The number of amides is 4. The highest BCUT2D eigenvalue weighted by molar-refractivity contribution is 6.04. The minimum Gasteiger partial charge on any atom is -0.497 e. The van der Waals surface area contributed by atoms with Crippen molar-refractivity contribution >= 4 is 17.8 Å². The lowest BCUT2D eigenvalue weighted by molar-refractivity contribution is -0.127. The minimum atomic E-state index is -0.650. The monoisotopic (exact) mass is 435 g/mol. The summed E-state index contributed by atoms with van der Waals surface area (Å²) < 4.78 is 5.15. The molecule has 1 aliphatic heterocycles. The molecule has 1 fully saturated rings. The summed E-state index contributed by atoms with van der Waals surface area (Å²) in [5.74, 6) is 0.406. The highest BCUT2D eigenvalue weighted by Gasteiger charge is 2.37. The van der Waals surface area contributed by atoms with E-state index in [-0.39, 0.29) is 24.3 Å². The van der Waals surface area contributed by atoms with Gasteiger partial charge >= 0.3 is 6.03 Å². The lowest BCUT2D eigenvalue weighted by Gasteiger charge is -2.26. The number of rotatable bonds is 8. The maximum Gasteiger partial charge on any atom is 0.324 e. The topological polar surface area (TPSA) is 87.7 Å². The molecule has 0 radical (unpaired) electrons. The van der Waals surface area contributed by atoms with Crippen molar-refractivity contribution in [3.8, 4) is 5.75 Å². The second-order valence-electron chi connectivity index (χ2n) is 8.34. The van der Waals surface area contributed by atoms with Crippen molar-refractivity contribution in [2.75, 3.05) is 13.7 Å². The zero-order chi connectivity index (χ0) is 22.5. The smallest absolute Gasteiger partial charge is 0.324 e. The van der Waals surface area contributed by atoms with Crippen LogP contribution in [0.3, 0.4) is 0 Å². The van der Waals surface area contributed by atoms with E-state index in [1.54, 1.807) is 7.11 Å². The van der Waals surface area contributed by atoms with Crippen LogP contribution in [0.2, 0.25) is 0 Å². The predicted octanol–water partition coefficient (Wildman–Crippen LogP) is 3.13. The normalized spacial score (nSPS) is 20.0. The van der Waals surface area contributed by atoms with Gasteiger partial charge in [0.1, 0.15) is 11.8 Å². The number of hydrogen-bond acceptors (Lipinski definition) is 4. The van der Waals surface area contributed by atoms with Crippen molar-refractivity contribution < 1.29 is 19.1 Å². The summed E-state index contributed by atoms with van der Waals surface area (Å²) in [5, 5.41) is 5.83. The summed E-state index contributed by atoms with van der Waals surface area (Å²) >= 11 is 0. The molecule has 2 aromatic rings. The van der Waals surface area contributed by atoms with Crippen LogP contribution in [-0.2, 0) is 22.4 Å². The lowest BCUT2D eigenvalue weighted by Crippen LogP contribution is -2.35. The van der Waals surface area contributed by atoms with Gasteiger partial charge in [0.05, 0.1) is 13.2 Å². The van der Waals surface area contributed by atoms with Gasteiger partial charge in [-0.3, -0.25) is 14.5 Å². The number of nitrogens with one attached hydrogen (secondary N) is 2. The standard InChI is InChI=1S/C25H29N3O4/c1-32-19-11-9-17(10-12-19)15-16-28-24(30)22(27-25(28)31)13-14-23(29)26-21-8-4-6-18-5-2-3-7-20(18)21/h2-3,5,7,9-12,21-22H,4,6,8,13-16H2,1H3,(H,26,29)(H,27,31)/t21-,22-/m1/s1. The first-order chi connectivity index (χ1) is 15.5. The molecule has 2 aromatic carbocycles. The summed E-state index contributed by atoms with van der Waals surface area (Å²) in [6.07, 6.45) is 4.06. The Kier molecular flexibility index (Phi) is 6.73. The number of fused-ring (bicyclic) bond motifs is 1. The second-order valence-corrected chi connectivity index (χ2v) is 8.34. The van der Waals surface area contributed by atoms with Crippen LogP contribution < -0.4 is 15.4 Å². The van der Waals surface area contributed by atoms with Gasteiger partial charge in [-0.25, -0.2) is 4.79 Å². The van der Waals surface area contributed by atoms with E-state index in [1.807, 2.05) is 36.4 Å². The van der Waals surface area contributed by atoms with E-state index in [9.17, 15) is 14.4 Å². The molecule has 1 saturated heterocycles. The van der Waals surface area contributed by atoms with Gasteiger partial charge < -0.3 is 15.4 Å². The van der Waals surface area contributed by atoms with Crippen molar-refractivity contribution in [2.24, 2.45) is 0 Å².